The average Bonchev–Trinajstić information content (AvgIpc) is 3.07. The number of aryl methyl sites for hydroxylation is 4. The summed E-state index contributed by atoms with van der Waals surface area (Å²) in [7, 11) is 1.77. The molecule has 0 aliphatic rings. The Balaban J connectivity index is 1.86. The van der Waals surface area contributed by atoms with Crippen molar-refractivity contribution in [1.82, 2.24) is 19.3 Å². The Kier molecular flexibility index (Phi) is 5.52. The molecule has 0 atom stereocenters. The number of anilines is 1. The molecule has 0 saturated carbocycles. The van der Waals surface area contributed by atoms with Crippen molar-refractivity contribution in [3.05, 3.63) is 45.2 Å². The molecule has 7 nitrogen and oxygen atoms in total. The van der Waals surface area contributed by atoms with Crippen LogP contribution in [0.1, 0.15) is 16.1 Å². The third-order valence-electron chi connectivity index (χ3n) is 4.17. The van der Waals surface area contributed by atoms with Gasteiger partial charge in [-0.2, -0.15) is 5.10 Å². The number of amides is 1. The average molecular weight is 404 g/mol. The van der Waals surface area contributed by atoms with E-state index in [1.54, 1.807) is 28.4 Å². The van der Waals surface area contributed by atoms with Gasteiger partial charge in [0.05, 0.1) is 16.8 Å². The van der Waals surface area contributed by atoms with Gasteiger partial charge in [-0.3, -0.25) is 18.8 Å². The van der Waals surface area contributed by atoms with Gasteiger partial charge in [0.25, 0.3) is 5.56 Å². The van der Waals surface area contributed by atoms with E-state index in [-0.39, 0.29) is 17.2 Å². The molecule has 0 aliphatic heterocycles. The number of hydrogen-bond acceptors (Lipinski definition) is 6. The first-order valence-electron chi connectivity index (χ1n) is 8.36. The number of nitrogens with zero attached hydrogens (tertiary/aromatic N) is 4. The summed E-state index contributed by atoms with van der Waals surface area (Å²) in [6.07, 6.45) is 1.66. The number of aromatic nitrogens is 4. The third kappa shape index (κ3) is 3.84. The van der Waals surface area contributed by atoms with Gasteiger partial charge in [-0.1, -0.05) is 17.8 Å². The molecule has 3 rings (SSSR count). The highest BCUT2D eigenvalue weighted by Crippen LogP contribution is 2.28. The fourth-order valence-corrected chi connectivity index (χ4v) is 4.62. The molecule has 142 valence electrons. The lowest BCUT2D eigenvalue weighted by atomic mass is 10.2. The van der Waals surface area contributed by atoms with Crippen LogP contribution in [0.15, 0.2) is 28.7 Å². The van der Waals surface area contributed by atoms with Crippen LogP contribution in [0.4, 0.5) is 5.82 Å². The van der Waals surface area contributed by atoms with E-state index in [0.29, 0.717) is 27.7 Å². The van der Waals surface area contributed by atoms with Gasteiger partial charge in [-0.25, -0.2) is 4.98 Å². The molecule has 0 aliphatic carbocycles. The Labute approximate surface area is 165 Å². The number of fused-ring (bicyclic) bond motifs is 1. The van der Waals surface area contributed by atoms with Gasteiger partial charge >= 0.3 is 0 Å². The summed E-state index contributed by atoms with van der Waals surface area (Å²) in [5, 5.41) is 8.20. The molecule has 0 bridgehead atoms. The first kappa shape index (κ1) is 19.4. The number of nitrogens with one attached hydrogen (secondary N) is 1. The van der Waals surface area contributed by atoms with Crippen molar-refractivity contribution in [1.29, 1.82) is 0 Å². The predicted octanol–water partition coefficient (Wildman–Crippen LogP) is 3.03. The Bertz CT molecular complexity index is 1090. The van der Waals surface area contributed by atoms with E-state index in [1.807, 2.05) is 20.8 Å². The van der Waals surface area contributed by atoms with Crippen LogP contribution >= 0.6 is 23.1 Å². The standard InChI is InChI=1S/C18H21N5O2S2/c1-6-7-23-17(25)15-11(3)12(4)27-16(15)20-18(23)26-9-14(24)19-13-8-10(2)21-22(13)5/h6,8H,1,7,9H2,2-5H3,(H,19,24). The zero-order valence-corrected chi connectivity index (χ0v) is 17.3. The summed E-state index contributed by atoms with van der Waals surface area (Å²) < 4.78 is 3.19. The molecule has 0 fully saturated rings. The molecule has 3 heterocycles. The molecule has 3 aromatic rings. The topological polar surface area (TPSA) is 81.8 Å². The smallest absolute Gasteiger partial charge is 0.263 e. The number of carbonyl (C=O) groups excluding carboxylic acids is 1. The van der Waals surface area contributed by atoms with Crippen LogP contribution in [0, 0.1) is 20.8 Å². The maximum absolute atomic E-state index is 12.9. The molecular weight excluding hydrogens is 382 g/mol. The number of thioether (sulfide) groups is 1. The molecule has 1 amide bonds. The molecule has 0 unspecified atom stereocenters. The van der Waals surface area contributed by atoms with Gasteiger partial charge < -0.3 is 5.32 Å². The van der Waals surface area contributed by atoms with Gasteiger partial charge in [0.1, 0.15) is 10.6 Å². The first-order chi connectivity index (χ1) is 12.8. The normalized spacial score (nSPS) is 11.1. The summed E-state index contributed by atoms with van der Waals surface area (Å²) in [6, 6.07) is 1.80. The van der Waals surface area contributed by atoms with Crippen molar-refractivity contribution in [2.45, 2.75) is 32.5 Å². The Morgan fingerprint density at radius 3 is 2.78 bits per heavy atom. The van der Waals surface area contributed by atoms with Crippen LogP contribution in [0.5, 0.6) is 0 Å². The summed E-state index contributed by atoms with van der Waals surface area (Å²) in [5.74, 6) is 0.596. The van der Waals surface area contributed by atoms with Crippen molar-refractivity contribution < 1.29 is 4.79 Å². The van der Waals surface area contributed by atoms with Gasteiger partial charge in [0, 0.05) is 24.5 Å². The lowest BCUT2D eigenvalue weighted by Crippen LogP contribution is -2.24. The molecular formula is C18H21N5O2S2. The van der Waals surface area contributed by atoms with Crippen molar-refractivity contribution in [2.75, 3.05) is 11.1 Å². The van der Waals surface area contributed by atoms with E-state index in [9.17, 15) is 9.59 Å². The van der Waals surface area contributed by atoms with E-state index < -0.39 is 0 Å². The van der Waals surface area contributed by atoms with Gasteiger partial charge in [-0.15, -0.1) is 17.9 Å². The minimum atomic E-state index is -0.180. The van der Waals surface area contributed by atoms with Crippen LogP contribution in [0.25, 0.3) is 10.2 Å². The molecule has 3 aromatic heterocycles. The fraction of sp³-hybridized carbons (Fsp3) is 0.333. The van der Waals surface area contributed by atoms with E-state index in [4.69, 9.17) is 0 Å². The number of carbonyl (C=O) groups is 1. The quantitative estimate of drug-likeness (QED) is 0.389. The number of rotatable bonds is 6. The maximum Gasteiger partial charge on any atom is 0.263 e. The maximum atomic E-state index is 12.9. The Hall–Kier alpha value is -2.39. The number of allylic oxidation sites excluding steroid dienone is 1. The highest BCUT2D eigenvalue weighted by atomic mass is 32.2. The van der Waals surface area contributed by atoms with Crippen LogP contribution in [0.2, 0.25) is 0 Å². The largest absolute Gasteiger partial charge is 0.310 e. The highest BCUT2D eigenvalue weighted by molar-refractivity contribution is 7.99. The second-order valence-corrected chi connectivity index (χ2v) is 8.34. The van der Waals surface area contributed by atoms with Gasteiger partial charge in [0.15, 0.2) is 5.16 Å². The van der Waals surface area contributed by atoms with Crippen LogP contribution in [-0.2, 0) is 18.4 Å². The van der Waals surface area contributed by atoms with E-state index in [0.717, 1.165) is 16.1 Å². The first-order valence-corrected chi connectivity index (χ1v) is 10.2. The lowest BCUT2D eigenvalue weighted by Gasteiger charge is -2.10. The SMILES string of the molecule is C=CCn1c(SCC(=O)Nc2cc(C)nn2C)nc2sc(C)c(C)c2c1=O. The van der Waals surface area contributed by atoms with E-state index in [1.165, 1.54) is 23.1 Å². The Morgan fingerprint density at radius 2 is 2.15 bits per heavy atom. The second-order valence-electron chi connectivity index (χ2n) is 6.19. The monoisotopic (exact) mass is 403 g/mol. The van der Waals surface area contributed by atoms with Crippen molar-refractivity contribution >= 4 is 45.0 Å². The Morgan fingerprint density at radius 1 is 1.41 bits per heavy atom. The second kappa shape index (κ2) is 7.69. The molecule has 0 aromatic carbocycles. The molecule has 0 radical (unpaired) electrons. The van der Waals surface area contributed by atoms with Crippen molar-refractivity contribution in [2.24, 2.45) is 7.05 Å². The van der Waals surface area contributed by atoms with E-state index in [2.05, 4.69) is 22.0 Å². The lowest BCUT2D eigenvalue weighted by molar-refractivity contribution is -0.113. The van der Waals surface area contributed by atoms with E-state index >= 15 is 0 Å². The number of thiophene rings is 1. The molecule has 0 saturated heterocycles. The summed E-state index contributed by atoms with van der Waals surface area (Å²) in [6.45, 7) is 9.86. The minimum absolute atomic E-state index is 0.0908. The summed E-state index contributed by atoms with van der Waals surface area (Å²) >= 11 is 2.74. The number of hydrogen-bond donors (Lipinski definition) is 1. The highest BCUT2D eigenvalue weighted by Gasteiger charge is 2.17. The zero-order chi connectivity index (χ0) is 19.7. The van der Waals surface area contributed by atoms with Crippen LogP contribution < -0.4 is 10.9 Å². The molecule has 9 heteroatoms. The fourth-order valence-electron chi connectivity index (χ4n) is 2.75. The molecule has 0 spiro atoms. The third-order valence-corrected chi connectivity index (χ3v) is 6.24. The van der Waals surface area contributed by atoms with Crippen molar-refractivity contribution in [3.8, 4) is 0 Å². The van der Waals surface area contributed by atoms with Crippen LogP contribution in [0.3, 0.4) is 0 Å². The summed E-state index contributed by atoms with van der Waals surface area (Å²) in [5.41, 5.74) is 1.70. The van der Waals surface area contributed by atoms with Crippen molar-refractivity contribution in [3.63, 3.8) is 0 Å². The zero-order valence-electron chi connectivity index (χ0n) is 15.7. The predicted molar refractivity (Wildman–Crippen MR) is 111 cm³/mol. The van der Waals surface area contributed by atoms with Gasteiger partial charge in [0.2, 0.25) is 5.91 Å². The molecule has 27 heavy (non-hydrogen) atoms. The summed E-state index contributed by atoms with van der Waals surface area (Å²) in [4.78, 5) is 31.7. The van der Waals surface area contributed by atoms with Gasteiger partial charge in [-0.05, 0) is 26.3 Å². The van der Waals surface area contributed by atoms with Crippen LogP contribution in [-0.4, -0.2) is 31.0 Å². The minimum Gasteiger partial charge on any atom is -0.310 e. The molecule has 1 N–H and O–H groups in total.